The van der Waals surface area contributed by atoms with E-state index in [0.29, 0.717) is 0 Å². The van der Waals surface area contributed by atoms with E-state index in [-0.39, 0.29) is 22.6 Å². The SMILES string of the molecule is [2H]C([2H])([2H])c1c(OC)cc(C(N)=O)cc1OC. The van der Waals surface area contributed by atoms with Crippen molar-refractivity contribution in [3.8, 4) is 11.5 Å². The number of methoxy groups -OCH3 is 2. The number of nitrogens with two attached hydrogens (primary N) is 1. The fourth-order valence-electron chi connectivity index (χ4n) is 1.05. The molecule has 2 N–H and O–H groups in total. The first kappa shape index (κ1) is 6.70. The molecule has 1 aromatic rings. The Morgan fingerprint density at radius 1 is 1.36 bits per heavy atom. The summed E-state index contributed by atoms with van der Waals surface area (Å²) in [6.45, 7) is -2.40. The molecule has 4 nitrogen and oxygen atoms in total. The number of benzene rings is 1. The third-order valence-electron chi connectivity index (χ3n) is 1.79. The lowest BCUT2D eigenvalue weighted by Gasteiger charge is -2.10. The molecule has 0 unspecified atom stereocenters. The highest BCUT2D eigenvalue weighted by molar-refractivity contribution is 5.94. The van der Waals surface area contributed by atoms with Crippen LogP contribution in [-0.4, -0.2) is 20.1 Å². The fraction of sp³-hybridized carbons (Fsp3) is 0.300. The Morgan fingerprint density at radius 3 is 2.14 bits per heavy atom. The smallest absolute Gasteiger partial charge is 0.248 e. The number of carbonyl (C=O) groups is 1. The van der Waals surface area contributed by atoms with E-state index in [9.17, 15) is 4.79 Å². The molecular formula is C10H13NO3. The molecule has 0 saturated carbocycles. The van der Waals surface area contributed by atoms with Crippen molar-refractivity contribution in [2.75, 3.05) is 14.2 Å². The number of carbonyl (C=O) groups excluding carboxylic acids is 1. The van der Waals surface area contributed by atoms with Gasteiger partial charge in [-0.3, -0.25) is 4.79 Å². The molecule has 0 aromatic heterocycles. The van der Waals surface area contributed by atoms with Crippen molar-refractivity contribution in [1.29, 1.82) is 0 Å². The molecule has 0 radical (unpaired) electrons. The lowest BCUT2D eigenvalue weighted by atomic mass is 10.1. The fourth-order valence-corrected chi connectivity index (χ4v) is 1.05. The van der Waals surface area contributed by atoms with Gasteiger partial charge in [-0.05, 0) is 19.0 Å². The highest BCUT2D eigenvalue weighted by atomic mass is 16.5. The van der Waals surface area contributed by atoms with Crippen LogP contribution in [0.1, 0.15) is 20.0 Å². The molecule has 4 heteroatoms. The highest BCUT2D eigenvalue weighted by Gasteiger charge is 2.10. The van der Waals surface area contributed by atoms with Gasteiger partial charge in [-0.1, -0.05) is 0 Å². The second-order valence-electron chi connectivity index (χ2n) is 2.62. The summed E-state index contributed by atoms with van der Waals surface area (Å²) in [6.07, 6.45) is 0. The van der Waals surface area contributed by atoms with E-state index < -0.39 is 12.8 Å². The summed E-state index contributed by atoms with van der Waals surface area (Å²) in [5.41, 5.74) is 5.18. The minimum Gasteiger partial charge on any atom is -0.496 e. The molecule has 0 bridgehead atoms. The van der Waals surface area contributed by atoms with E-state index in [4.69, 9.17) is 19.3 Å². The van der Waals surface area contributed by atoms with Gasteiger partial charge < -0.3 is 15.2 Å². The topological polar surface area (TPSA) is 61.5 Å². The lowest BCUT2D eigenvalue weighted by Crippen LogP contribution is -2.11. The largest absolute Gasteiger partial charge is 0.496 e. The van der Waals surface area contributed by atoms with Crippen LogP contribution in [0.4, 0.5) is 0 Å². The number of amides is 1. The summed E-state index contributed by atoms with van der Waals surface area (Å²) in [7, 11) is 2.63. The van der Waals surface area contributed by atoms with Crippen LogP contribution in [0.25, 0.3) is 0 Å². The summed E-state index contributed by atoms with van der Waals surface area (Å²) in [6, 6.07) is 2.57. The Morgan fingerprint density at radius 2 is 1.86 bits per heavy atom. The minimum atomic E-state index is -2.40. The highest BCUT2D eigenvalue weighted by Crippen LogP contribution is 2.29. The van der Waals surface area contributed by atoms with Crippen molar-refractivity contribution >= 4 is 5.91 Å². The minimum absolute atomic E-state index is 0.0538. The zero-order chi connectivity index (χ0) is 13.2. The average molecular weight is 198 g/mol. The van der Waals surface area contributed by atoms with Gasteiger partial charge in [0.1, 0.15) is 11.5 Å². The van der Waals surface area contributed by atoms with E-state index in [0.717, 1.165) is 0 Å². The van der Waals surface area contributed by atoms with Gasteiger partial charge in [0.15, 0.2) is 0 Å². The second-order valence-corrected chi connectivity index (χ2v) is 2.62. The summed E-state index contributed by atoms with van der Waals surface area (Å²) in [5.74, 6) is -0.574. The van der Waals surface area contributed by atoms with Crippen molar-refractivity contribution in [3.63, 3.8) is 0 Å². The zero-order valence-electron chi connectivity index (χ0n) is 11.0. The molecule has 0 atom stereocenters. The molecule has 0 spiro atoms. The van der Waals surface area contributed by atoms with E-state index in [1.165, 1.54) is 26.4 Å². The number of hydrogen-bond acceptors (Lipinski definition) is 3. The molecule has 0 aliphatic heterocycles. The van der Waals surface area contributed by atoms with Crippen LogP contribution in [0.3, 0.4) is 0 Å². The van der Waals surface area contributed by atoms with Crippen molar-refractivity contribution in [2.45, 2.75) is 6.85 Å². The van der Waals surface area contributed by atoms with Crippen LogP contribution in [0.5, 0.6) is 11.5 Å². The number of rotatable bonds is 3. The molecule has 0 aliphatic carbocycles. The monoisotopic (exact) mass is 198 g/mol. The maximum atomic E-state index is 11.1. The zero-order valence-corrected chi connectivity index (χ0v) is 7.96. The molecule has 0 aliphatic rings. The van der Waals surface area contributed by atoms with Gasteiger partial charge in [-0.2, -0.15) is 0 Å². The molecule has 1 rings (SSSR count). The number of ether oxygens (including phenoxy) is 2. The van der Waals surface area contributed by atoms with Gasteiger partial charge in [0, 0.05) is 15.2 Å². The Hall–Kier alpha value is -1.71. The standard InChI is InChI=1S/C10H13NO3/c1-6-8(13-2)4-7(10(11)12)5-9(6)14-3/h4-5H,1-3H3,(H2,11,12)/i1D3. The van der Waals surface area contributed by atoms with Crippen LogP contribution >= 0.6 is 0 Å². The Kier molecular flexibility index (Phi) is 1.91. The first-order valence-corrected chi connectivity index (χ1v) is 3.87. The number of primary amides is 1. The molecule has 0 heterocycles. The summed E-state index contributed by atoms with van der Waals surface area (Å²) in [5, 5.41) is 0. The molecule has 1 aromatic carbocycles. The first-order chi connectivity index (χ1) is 7.81. The normalized spacial score (nSPS) is 13.7. The second kappa shape index (κ2) is 4.00. The van der Waals surface area contributed by atoms with Crippen molar-refractivity contribution in [2.24, 2.45) is 5.73 Å². The van der Waals surface area contributed by atoms with Crippen LogP contribution in [0.15, 0.2) is 12.1 Å². The molecule has 0 saturated heterocycles. The van der Waals surface area contributed by atoms with Crippen molar-refractivity contribution in [1.82, 2.24) is 0 Å². The van der Waals surface area contributed by atoms with E-state index in [2.05, 4.69) is 0 Å². The average Bonchev–Trinajstić information content (AvgIpc) is 2.25. The maximum Gasteiger partial charge on any atom is 0.248 e. The molecule has 76 valence electrons. The Labute approximate surface area is 86.8 Å². The van der Waals surface area contributed by atoms with Gasteiger partial charge in [-0.25, -0.2) is 0 Å². The molecule has 0 fully saturated rings. The first-order valence-electron chi connectivity index (χ1n) is 5.37. The summed E-state index contributed by atoms with van der Waals surface area (Å²) >= 11 is 0. The van der Waals surface area contributed by atoms with Gasteiger partial charge in [0.05, 0.1) is 14.2 Å². The van der Waals surface area contributed by atoms with Crippen molar-refractivity contribution in [3.05, 3.63) is 23.3 Å². The van der Waals surface area contributed by atoms with Gasteiger partial charge in [-0.15, -0.1) is 0 Å². The quantitative estimate of drug-likeness (QED) is 0.791. The predicted octanol–water partition coefficient (Wildman–Crippen LogP) is 1.11. The van der Waals surface area contributed by atoms with Gasteiger partial charge in [0.25, 0.3) is 0 Å². The molecular weight excluding hydrogens is 182 g/mol. The third-order valence-corrected chi connectivity index (χ3v) is 1.79. The third kappa shape index (κ3) is 1.79. The van der Waals surface area contributed by atoms with Crippen LogP contribution in [0, 0.1) is 6.85 Å². The lowest BCUT2D eigenvalue weighted by molar-refractivity contribution is 0.0999. The molecule has 1 amide bonds. The summed E-state index contributed by atoms with van der Waals surface area (Å²) < 4.78 is 32.1. The number of hydrogen-bond donors (Lipinski definition) is 1. The van der Waals surface area contributed by atoms with Crippen molar-refractivity contribution < 1.29 is 18.4 Å². The predicted molar refractivity (Wildman–Crippen MR) is 52.8 cm³/mol. The van der Waals surface area contributed by atoms with E-state index in [1.54, 1.807) is 0 Å². The van der Waals surface area contributed by atoms with E-state index in [1.807, 2.05) is 0 Å². The van der Waals surface area contributed by atoms with Gasteiger partial charge in [0.2, 0.25) is 5.91 Å². The summed E-state index contributed by atoms with van der Waals surface area (Å²) in [4.78, 5) is 11.1. The Balaban J connectivity index is 3.53. The van der Waals surface area contributed by atoms with E-state index >= 15 is 0 Å². The van der Waals surface area contributed by atoms with Crippen LogP contribution < -0.4 is 15.2 Å². The maximum absolute atomic E-state index is 11.1. The molecule has 14 heavy (non-hydrogen) atoms. The van der Waals surface area contributed by atoms with Crippen LogP contribution in [0.2, 0.25) is 0 Å². The Bertz CT molecular complexity index is 418. The van der Waals surface area contributed by atoms with Gasteiger partial charge >= 0.3 is 0 Å². The van der Waals surface area contributed by atoms with Crippen LogP contribution in [-0.2, 0) is 0 Å².